The summed E-state index contributed by atoms with van der Waals surface area (Å²) < 4.78 is 0.378. The van der Waals surface area contributed by atoms with Gasteiger partial charge in [-0.1, -0.05) is 0 Å². The van der Waals surface area contributed by atoms with Crippen molar-refractivity contribution in [1.29, 1.82) is 0 Å². The Labute approximate surface area is 118 Å². The minimum Gasteiger partial charge on any atom is -0.349 e. The molecule has 1 aromatic heterocycles. The Hall–Kier alpha value is -0.750. The molecule has 1 aromatic rings. The Morgan fingerprint density at radius 1 is 1.56 bits per heavy atom. The molecule has 1 heterocycles. The van der Waals surface area contributed by atoms with Crippen molar-refractivity contribution in [3.8, 4) is 0 Å². The molecule has 1 saturated carbocycles. The molecule has 1 aliphatic carbocycles. The van der Waals surface area contributed by atoms with Gasteiger partial charge < -0.3 is 10.3 Å². The number of aromatic nitrogens is 1. The number of nitrogens with one attached hydrogen (secondary N) is 2. The molecule has 2 N–H and O–H groups in total. The van der Waals surface area contributed by atoms with E-state index in [1.165, 1.54) is 6.20 Å². The van der Waals surface area contributed by atoms with E-state index in [2.05, 4.69) is 32.5 Å². The number of thioether (sulfide) groups is 1. The Balaban J connectivity index is 2.00. The molecule has 2 atom stereocenters. The molecule has 0 saturated heterocycles. The molecule has 1 aliphatic rings. The van der Waals surface area contributed by atoms with Crippen molar-refractivity contribution in [2.24, 2.45) is 0 Å². The molecule has 0 radical (unpaired) electrons. The molecule has 1 amide bonds. The third kappa shape index (κ3) is 3.17. The summed E-state index contributed by atoms with van der Waals surface area (Å²) in [6, 6.07) is 1.80. The van der Waals surface area contributed by atoms with Crippen molar-refractivity contribution < 1.29 is 4.79 Å². The Morgan fingerprint density at radius 3 is 2.94 bits per heavy atom. The number of carbonyl (C=O) groups excluding carboxylic acids is 1. The van der Waals surface area contributed by atoms with Gasteiger partial charge in [0.25, 0.3) is 11.5 Å². The van der Waals surface area contributed by atoms with E-state index in [1.54, 1.807) is 6.07 Å². The number of carbonyl (C=O) groups is 1. The second-order valence-corrected chi connectivity index (χ2v) is 6.40. The first-order chi connectivity index (χ1) is 8.60. The lowest BCUT2D eigenvalue weighted by molar-refractivity contribution is 0.0937. The first-order valence-electron chi connectivity index (χ1n) is 5.82. The topological polar surface area (TPSA) is 62.0 Å². The minimum atomic E-state index is -0.227. The van der Waals surface area contributed by atoms with E-state index in [0.717, 1.165) is 19.3 Å². The van der Waals surface area contributed by atoms with Crippen LogP contribution in [0.1, 0.15) is 29.6 Å². The van der Waals surface area contributed by atoms with Gasteiger partial charge in [-0.2, -0.15) is 11.8 Å². The van der Waals surface area contributed by atoms with E-state index in [1.807, 2.05) is 11.8 Å². The minimum absolute atomic E-state index is 0.126. The first kappa shape index (κ1) is 13.7. The summed E-state index contributed by atoms with van der Waals surface area (Å²) in [7, 11) is 0. The molecule has 98 valence electrons. The second kappa shape index (κ2) is 5.93. The molecule has 0 aliphatic heterocycles. The third-order valence-electron chi connectivity index (χ3n) is 3.17. The fourth-order valence-corrected chi connectivity index (χ4v) is 3.30. The monoisotopic (exact) mass is 330 g/mol. The van der Waals surface area contributed by atoms with Crippen LogP contribution in [-0.2, 0) is 0 Å². The van der Waals surface area contributed by atoms with Crippen LogP contribution in [0.25, 0.3) is 0 Å². The number of hydrogen-bond acceptors (Lipinski definition) is 3. The van der Waals surface area contributed by atoms with Crippen LogP contribution in [0.5, 0.6) is 0 Å². The van der Waals surface area contributed by atoms with E-state index in [0.29, 0.717) is 15.3 Å². The maximum atomic E-state index is 12.0. The number of hydrogen-bond donors (Lipinski definition) is 2. The molecule has 6 heteroatoms. The van der Waals surface area contributed by atoms with Crippen LogP contribution in [0.3, 0.4) is 0 Å². The highest BCUT2D eigenvalue weighted by molar-refractivity contribution is 9.10. The van der Waals surface area contributed by atoms with E-state index in [4.69, 9.17) is 0 Å². The summed E-state index contributed by atoms with van der Waals surface area (Å²) in [6.45, 7) is 0. The summed E-state index contributed by atoms with van der Waals surface area (Å²) in [5, 5.41) is 3.66. The fourth-order valence-electron chi connectivity index (χ4n) is 2.14. The van der Waals surface area contributed by atoms with Crippen molar-refractivity contribution in [1.82, 2.24) is 10.3 Å². The van der Waals surface area contributed by atoms with Crippen LogP contribution in [0.4, 0.5) is 0 Å². The summed E-state index contributed by atoms with van der Waals surface area (Å²) in [6.07, 6.45) is 6.76. The number of pyridine rings is 1. The molecule has 18 heavy (non-hydrogen) atoms. The maximum absolute atomic E-state index is 12.0. The van der Waals surface area contributed by atoms with Crippen LogP contribution < -0.4 is 10.9 Å². The van der Waals surface area contributed by atoms with Gasteiger partial charge in [0.2, 0.25) is 0 Å². The molecular formula is C12H15BrN2O2S. The van der Waals surface area contributed by atoms with Crippen LogP contribution >= 0.6 is 27.7 Å². The second-order valence-electron chi connectivity index (χ2n) is 4.41. The molecule has 0 bridgehead atoms. The quantitative estimate of drug-likeness (QED) is 0.892. The van der Waals surface area contributed by atoms with Crippen molar-refractivity contribution in [2.45, 2.75) is 30.6 Å². The predicted octanol–water partition coefficient (Wildman–Crippen LogP) is 2.15. The smallest absolute Gasteiger partial charge is 0.262 e. The van der Waals surface area contributed by atoms with E-state index in [-0.39, 0.29) is 17.5 Å². The summed E-state index contributed by atoms with van der Waals surface area (Å²) in [5.41, 5.74) is 0.254. The number of aromatic amines is 1. The molecule has 4 nitrogen and oxygen atoms in total. The van der Waals surface area contributed by atoms with Gasteiger partial charge in [-0.05, 0) is 47.5 Å². The maximum Gasteiger partial charge on any atom is 0.262 e. The van der Waals surface area contributed by atoms with Crippen LogP contribution in [-0.4, -0.2) is 28.4 Å². The summed E-state index contributed by atoms with van der Waals surface area (Å²) in [4.78, 5) is 25.7. The molecular weight excluding hydrogens is 316 g/mol. The zero-order valence-corrected chi connectivity index (χ0v) is 12.4. The zero-order chi connectivity index (χ0) is 13.1. The van der Waals surface area contributed by atoms with Crippen molar-refractivity contribution in [2.75, 3.05) is 6.26 Å². The van der Waals surface area contributed by atoms with Gasteiger partial charge in [-0.25, -0.2) is 0 Å². The SMILES string of the molecule is CS[C@@H]1CC[C@H](NC(=O)c2c[nH]c(=O)c(Br)c2)C1. The number of halogens is 1. The molecule has 0 unspecified atom stereocenters. The number of rotatable bonds is 3. The molecule has 0 spiro atoms. The fraction of sp³-hybridized carbons (Fsp3) is 0.500. The highest BCUT2D eigenvalue weighted by atomic mass is 79.9. The predicted molar refractivity (Wildman–Crippen MR) is 77.2 cm³/mol. The van der Waals surface area contributed by atoms with Crippen molar-refractivity contribution in [3.63, 3.8) is 0 Å². The highest BCUT2D eigenvalue weighted by Gasteiger charge is 2.25. The molecule has 1 fully saturated rings. The van der Waals surface area contributed by atoms with Gasteiger partial charge >= 0.3 is 0 Å². The largest absolute Gasteiger partial charge is 0.349 e. The summed E-state index contributed by atoms with van der Waals surface area (Å²) >= 11 is 4.98. The average Bonchev–Trinajstić information content (AvgIpc) is 2.80. The lowest BCUT2D eigenvalue weighted by Crippen LogP contribution is -2.33. The lowest BCUT2D eigenvalue weighted by Gasteiger charge is -2.12. The zero-order valence-electron chi connectivity index (χ0n) is 10.0. The number of H-pyrrole nitrogens is 1. The van der Waals surface area contributed by atoms with Crippen LogP contribution in [0.15, 0.2) is 21.5 Å². The first-order valence-corrected chi connectivity index (χ1v) is 7.90. The Morgan fingerprint density at radius 2 is 2.33 bits per heavy atom. The van der Waals surface area contributed by atoms with Gasteiger partial charge in [0.05, 0.1) is 10.0 Å². The van der Waals surface area contributed by atoms with Gasteiger partial charge in [-0.3, -0.25) is 9.59 Å². The van der Waals surface area contributed by atoms with Gasteiger partial charge in [0.1, 0.15) is 0 Å². The molecule has 2 rings (SSSR count). The normalized spacial score (nSPS) is 23.0. The van der Waals surface area contributed by atoms with Gasteiger partial charge in [-0.15, -0.1) is 0 Å². The highest BCUT2D eigenvalue weighted by Crippen LogP contribution is 2.28. The Bertz CT molecular complexity index is 503. The standard InChI is InChI=1S/C12H15BrN2O2S/c1-18-9-3-2-8(5-9)15-11(16)7-4-10(13)12(17)14-6-7/h4,6,8-9H,2-3,5H2,1H3,(H,14,17)(H,15,16)/t8-,9+/m0/s1. The van der Waals surface area contributed by atoms with E-state index < -0.39 is 0 Å². The number of amides is 1. The third-order valence-corrected chi connectivity index (χ3v) is 4.86. The van der Waals surface area contributed by atoms with Crippen molar-refractivity contribution >= 4 is 33.6 Å². The Kier molecular flexibility index (Phi) is 4.50. The van der Waals surface area contributed by atoms with Gasteiger partial charge in [0, 0.05) is 17.5 Å². The average molecular weight is 331 g/mol. The van der Waals surface area contributed by atoms with Crippen LogP contribution in [0.2, 0.25) is 0 Å². The van der Waals surface area contributed by atoms with E-state index >= 15 is 0 Å². The van der Waals surface area contributed by atoms with E-state index in [9.17, 15) is 9.59 Å². The van der Waals surface area contributed by atoms with Crippen molar-refractivity contribution in [3.05, 3.63) is 32.7 Å². The summed E-state index contributed by atoms with van der Waals surface area (Å²) in [5.74, 6) is -0.126. The lowest BCUT2D eigenvalue weighted by atomic mass is 10.2. The molecule has 0 aromatic carbocycles. The van der Waals surface area contributed by atoms with Crippen LogP contribution in [0, 0.1) is 0 Å². The van der Waals surface area contributed by atoms with Gasteiger partial charge in [0.15, 0.2) is 0 Å².